The Kier molecular flexibility index (Phi) is 3.68. The highest BCUT2D eigenvalue weighted by molar-refractivity contribution is 5.74. The Bertz CT molecular complexity index is 868. The first-order chi connectivity index (χ1) is 11.7. The molecule has 2 aromatic heterocycles. The molecule has 1 fully saturated rings. The number of aromatic nitrogens is 4. The van der Waals surface area contributed by atoms with E-state index >= 15 is 0 Å². The average Bonchev–Trinajstić information content (AvgIpc) is 2.61. The maximum absolute atomic E-state index is 5.81. The topological polar surface area (TPSA) is 116 Å². The molecule has 1 saturated heterocycles. The van der Waals surface area contributed by atoms with Crippen molar-refractivity contribution in [3.63, 3.8) is 0 Å². The molecule has 3 heterocycles. The van der Waals surface area contributed by atoms with Crippen LogP contribution in [0.25, 0.3) is 22.4 Å². The van der Waals surface area contributed by atoms with E-state index in [-0.39, 0.29) is 6.23 Å². The van der Waals surface area contributed by atoms with Crippen LogP contribution in [0.15, 0.2) is 36.7 Å². The van der Waals surface area contributed by atoms with Crippen LogP contribution >= 0.6 is 0 Å². The van der Waals surface area contributed by atoms with Gasteiger partial charge in [-0.15, -0.1) is 0 Å². The van der Waals surface area contributed by atoms with E-state index < -0.39 is 0 Å². The van der Waals surface area contributed by atoms with Gasteiger partial charge in [0, 0.05) is 17.8 Å². The van der Waals surface area contributed by atoms with E-state index in [0.29, 0.717) is 42.5 Å². The summed E-state index contributed by atoms with van der Waals surface area (Å²) in [5.74, 6) is 0.593. The van der Waals surface area contributed by atoms with E-state index in [1.807, 2.05) is 29.2 Å². The molecule has 0 amide bonds. The third-order valence-electron chi connectivity index (χ3n) is 3.87. The summed E-state index contributed by atoms with van der Waals surface area (Å²) in [6, 6.07) is 7.50. The molecule has 1 unspecified atom stereocenters. The van der Waals surface area contributed by atoms with Gasteiger partial charge in [-0.25, -0.2) is 15.0 Å². The van der Waals surface area contributed by atoms with Crippen molar-refractivity contribution < 1.29 is 4.74 Å². The van der Waals surface area contributed by atoms with E-state index in [4.69, 9.17) is 16.2 Å². The molecule has 1 aliphatic heterocycles. The summed E-state index contributed by atoms with van der Waals surface area (Å²) in [6.45, 7) is 1.82. The van der Waals surface area contributed by atoms with E-state index in [0.717, 1.165) is 11.3 Å². The summed E-state index contributed by atoms with van der Waals surface area (Å²) in [5, 5.41) is 0. The van der Waals surface area contributed by atoms with E-state index in [1.54, 1.807) is 12.4 Å². The standard InChI is InChI=1S/C16H17N7O/c17-11-3-1-10(2-4-11)12-7-19-15-13(21-12)8-20-16(22-15)23-5-6-24-14(18)9-23/h1-4,7-8,14H,5-6,9,17-18H2. The first-order valence-electron chi connectivity index (χ1n) is 7.67. The molecule has 3 aromatic rings. The highest BCUT2D eigenvalue weighted by Gasteiger charge is 2.20. The number of fused-ring (bicyclic) bond motifs is 1. The molecule has 1 aromatic carbocycles. The average molecular weight is 323 g/mol. The van der Waals surface area contributed by atoms with Gasteiger partial charge in [-0.2, -0.15) is 4.98 Å². The second-order valence-corrected chi connectivity index (χ2v) is 5.61. The number of nitrogens with two attached hydrogens (primary N) is 2. The Hall–Kier alpha value is -2.84. The van der Waals surface area contributed by atoms with Gasteiger partial charge >= 0.3 is 0 Å². The molecule has 24 heavy (non-hydrogen) atoms. The number of ether oxygens (including phenoxy) is 1. The molecule has 0 radical (unpaired) electrons. The fourth-order valence-electron chi connectivity index (χ4n) is 2.61. The van der Waals surface area contributed by atoms with Crippen molar-refractivity contribution in [3.05, 3.63) is 36.7 Å². The fourth-order valence-corrected chi connectivity index (χ4v) is 2.61. The number of nitrogen functional groups attached to an aromatic ring is 1. The molecular formula is C16H17N7O. The third-order valence-corrected chi connectivity index (χ3v) is 3.87. The van der Waals surface area contributed by atoms with E-state index in [9.17, 15) is 0 Å². The van der Waals surface area contributed by atoms with Crippen LogP contribution in [0, 0.1) is 0 Å². The Balaban J connectivity index is 1.66. The quantitative estimate of drug-likeness (QED) is 0.665. The van der Waals surface area contributed by atoms with Crippen LogP contribution < -0.4 is 16.4 Å². The minimum atomic E-state index is -0.322. The summed E-state index contributed by atoms with van der Waals surface area (Å²) in [7, 11) is 0. The molecule has 1 atom stereocenters. The van der Waals surface area contributed by atoms with Crippen molar-refractivity contribution >= 4 is 22.8 Å². The molecule has 0 aliphatic carbocycles. The number of hydrogen-bond acceptors (Lipinski definition) is 8. The van der Waals surface area contributed by atoms with Crippen molar-refractivity contribution in [2.24, 2.45) is 5.73 Å². The second-order valence-electron chi connectivity index (χ2n) is 5.61. The lowest BCUT2D eigenvalue weighted by Gasteiger charge is -2.30. The maximum Gasteiger partial charge on any atom is 0.227 e. The molecule has 0 spiro atoms. The van der Waals surface area contributed by atoms with E-state index in [1.165, 1.54) is 0 Å². The predicted octanol–water partition coefficient (Wildman–Crippen LogP) is 0.790. The lowest BCUT2D eigenvalue weighted by atomic mass is 10.1. The van der Waals surface area contributed by atoms with Gasteiger partial charge in [0.25, 0.3) is 0 Å². The number of rotatable bonds is 2. The monoisotopic (exact) mass is 323 g/mol. The molecular weight excluding hydrogens is 306 g/mol. The SMILES string of the molecule is Nc1ccc(-c2cnc3nc(N4CCOC(N)C4)ncc3n2)cc1. The van der Waals surface area contributed by atoms with Crippen LogP contribution in [0.1, 0.15) is 0 Å². The third kappa shape index (κ3) is 2.84. The van der Waals surface area contributed by atoms with Gasteiger partial charge in [-0.1, -0.05) is 12.1 Å². The van der Waals surface area contributed by atoms with Crippen molar-refractivity contribution in [1.82, 2.24) is 19.9 Å². The van der Waals surface area contributed by atoms with Gasteiger partial charge < -0.3 is 21.1 Å². The van der Waals surface area contributed by atoms with Crippen LogP contribution in [0.4, 0.5) is 11.6 Å². The van der Waals surface area contributed by atoms with E-state index in [2.05, 4.69) is 19.9 Å². The zero-order valence-corrected chi connectivity index (χ0v) is 13.0. The molecule has 0 saturated carbocycles. The lowest BCUT2D eigenvalue weighted by molar-refractivity contribution is 0.0446. The molecule has 8 heteroatoms. The van der Waals surface area contributed by atoms with Crippen LogP contribution in [0.5, 0.6) is 0 Å². The van der Waals surface area contributed by atoms with Gasteiger partial charge in [0.05, 0.1) is 31.2 Å². The van der Waals surface area contributed by atoms with Gasteiger partial charge in [-0.3, -0.25) is 0 Å². The molecule has 8 nitrogen and oxygen atoms in total. The Morgan fingerprint density at radius 1 is 1.08 bits per heavy atom. The smallest absolute Gasteiger partial charge is 0.227 e. The maximum atomic E-state index is 5.81. The van der Waals surface area contributed by atoms with Crippen molar-refractivity contribution in [2.75, 3.05) is 30.3 Å². The summed E-state index contributed by atoms with van der Waals surface area (Å²) >= 11 is 0. The largest absolute Gasteiger partial charge is 0.399 e. The first-order valence-corrected chi connectivity index (χ1v) is 7.67. The lowest BCUT2D eigenvalue weighted by Crippen LogP contribution is -2.47. The Morgan fingerprint density at radius 3 is 2.71 bits per heavy atom. The zero-order valence-electron chi connectivity index (χ0n) is 13.0. The van der Waals surface area contributed by atoms with Gasteiger partial charge in [0.1, 0.15) is 11.7 Å². The molecule has 1 aliphatic rings. The normalized spacial score (nSPS) is 18.0. The van der Waals surface area contributed by atoms with Crippen LogP contribution in [0.2, 0.25) is 0 Å². The summed E-state index contributed by atoms with van der Waals surface area (Å²) in [6.07, 6.45) is 3.07. The highest BCUT2D eigenvalue weighted by Crippen LogP contribution is 2.20. The summed E-state index contributed by atoms with van der Waals surface area (Å²) in [5.41, 5.74) is 15.1. The zero-order chi connectivity index (χ0) is 16.5. The van der Waals surface area contributed by atoms with Crippen LogP contribution in [-0.2, 0) is 4.74 Å². The second kappa shape index (κ2) is 5.99. The minimum Gasteiger partial charge on any atom is -0.399 e. The number of benzene rings is 1. The molecule has 122 valence electrons. The van der Waals surface area contributed by atoms with Crippen molar-refractivity contribution in [2.45, 2.75) is 6.23 Å². The number of nitrogens with zero attached hydrogens (tertiary/aromatic N) is 5. The van der Waals surface area contributed by atoms with Crippen molar-refractivity contribution in [1.29, 1.82) is 0 Å². The van der Waals surface area contributed by atoms with Crippen molar-refractivity contribution in [3.8, 4) is 11.3 Å². The van der Waals surface area contributed by atoms with Gasteiger partial charge in [-0.05, 0) is 12.1 Å². The van der Waals surface area contributed by atoms with Crippen LogP contribution in [0.3, 0.4) is 0 Å². The summed E-state index contributed by atoms with van der Waals surface area (Å²) in [4.78, 5) is 19.9. The number of anilines is 2. The Morgan fingerprint density at radius 2 is 1.92 bits per heavy atom. The number of hydrogen-bond donors (Lipinski definition) is 2. The predicted molar refractivity (Wildman–Crippen MR) is 91.1 cm³/mol. The van der Waals surface area contributed by atoms with Crippen LogP contribution in [-0.4, -0.2) is 45.9 Å². The first kappa shape index (κ1) is 14.7. The van der Waals surface area contributed by atoms with Gasteiger partial charge in [0.2, 0.25) is 5.95 Å². The minimum absolute atomic E-state index is 0.322. The number of morpholine rings is 1. The molecule has 0 bridgehead atoms. The Labute approximate surface area is 138 Å². The summed E-state index contributed by atoms with van der Waals surface area (Å²) < 4.78 is 5.33. The van der Waals surface area contributed by atoms with Gasteiger partial charge in [0.15, 0.2) is 5.65 Å². The highest BCUT2D eigenvalue weighted by atomic mass is 16.5. The molecule has 4 rings (SSSR count). The fraction of sp³-hybridized carbons (Fsp3) is 0.250. The molecule has 4 N–H and O–H groups in total.